The van der Waals surface area contributed by atoms with Crippen LogP contribution in [0.1, 0.15) is 122 Å². The molecule has 0 spiro atoms. The number of aryl methyl sites for hydroxylation is 1. The number of aromatic nitrogens is 2. The maximum atomic E-state index is 2.39. The van der Waals surface area contributed by atoms with Gasteiger partial charge in [-0.15, -0.1) is 0 Å². The van der Waals surface area contributed by atoms with Gasteiger partial charge < -0.3 is 9.13 Å². The molecule has 2 nitrogen and oxygen atoms in total. The fraction of sp³-hybridized carbons (Fsp3) is 0.333. The van der Waals surface area contributed by atoms with E-state index in [-0.39, 0.29) is 0 Å². The molecule has 302 valence electrons. The number of benzene rings is 6. The highest BCUT2D eigenvalue weighted by atomic mass is 15.0. The Morgan fingerprint density at radius 3 is 1.07 bits per heavy atom. The Morgan fingerprint density at radius 2 is 0.643 bits per heavy atom. The Hall–Kier alpha value is -5.08. The summed E-state index contributed by atoms with van der Waals surface area (Å²) >= 11 is 0. The molecule has 0 N–H and O–H groups in total. The van der Waals surface area contributed by atoms with Gasteiger partial charge in [0, 0.05) is 45.3 Å². The van der Waals surface area contributed by atoms with E-state index in [0.717, 1.165) is 6.42 Å². The van der Waals surface area contributed by atoms with Crippen LogP contribution in [0.4, 0.5) is 0 Å². The zero-order valence-corrected chi connectivity index (χ0v) is 38.4. The van der Waals surface area contributed by atoms with Gasteiger partial charge in [-0.3, -0.25) is 0 Å². The van der Waals surface area contributed by atoms with E-state index in [1.54, 1.807) is 0 Å². The first-order chi connectivity index (χ1) is 27.8. The Bertz CT molecular complexity index is 2100. The quantitative estimate of drug-likeness (QED) is 0.158. The normalized spacial score (nSPS) is 9.45. The highest BCUT2D eigenvalue weighted by molar-refractivity contribution is 6.09. The fourth-order valence-electron chi connectivity index (χ4n) is 6.57. The molecule has 0 radical (unpaired) electrons. The van der Waals surface area contributed by atoms with Gasteiger partial charge in [-0.2, -0.15) is 0 Å². The summed E-state index contributed by atoms with van der Waals surface area (Å²) in [4.78, 5) is 0. The molecule has 56 heavy (non-hydrogen) atoms. The molecular weight excluding hydrogens is 677 g/mol. The molecule has 1 aliphatic carbocycles. The van der Waals surface area contributed by atoms with Crippen LogP contribution in [0.3, 0.4) is 0 Å². The molecule has 8 aromatic rings. The third-order valence-electron chi connectivity index (χ3n) is 8.44. The number of para-hydroxylation sites is 4. The van der Waals surface area contributed by atoms with Crippen LogP contribution in [-0.4, -0.2) is 9.13 Å². The summed E-state index contributed by atoms with van der Waals surface area (Å²) in [6.07, 6.45) is 1.04. The molecule has 0 bridgehead atoms. The minimum atomic E-state index is 1.04. The number of fused-ring (bicyclic) bond motifs is 9. The highest BCUT2D eigenvalue weighted by Crippen LogP contribution is 2.39. The molecule has 0 fully saturated rings. The van der Waals surface area contributed by atoms with Gasteiger partial charge in [0.15, 0.2) is 0 Å². The smallest absolute Gasteiger partial charge is 0.0541 e. The molecular formula is C54H76N2. The van der Waals surface area contributed by atoms with Crippen LogP contribution in [-0.2, 0) is 13.5 Å². The zero-order valence-electron chi connectivity index (χ0n) is 38.4. The van der Waals surface area contributed by atoms with Gasteiger partial charge in [0.05, 0.1) is 11.0 Å². The van der Waals surface area contributed by atoms with Crippen LogP contribution in [0.25, 0.3) is 60.4 Å². The molecule has 2 heterocycles. The van der Waals surface area contributed by atoms with Crippen LogP contribution in [0.5, 0.6) is 0 Å². The lowest BCUT2D eigenvalue weighted by Gasteiger charge is -2.10. The molecule has 2 heteroatoms. The molecule has 0 amide bonds. The van der Waals surface area contributed by atoms with E-state index < -0.39 is 0 Å². The van der Waals surface area contributed by atoms with Crippen molar-refractivity contribution >= 4 is 43.6 Å². The number of hydrogen-bond acceptors (Lipinski definition) is 0. The van der Waals surface area contributed by atoms with E-state index in [9.17, 15) is 0 Å². The molecule has 2 aromatic heterocycles. The maximum Gasteiger partial charge on any atom is 0.0541 e. The van der Waals surface area contributed by atoms with Crippen molar-refractivity contribution in [1.29, 1.82) is 0 Å². The van der Waals surface area contributed by atoms with Gasteiger partial charge in [-0.25, -0.2) is 0 Å². The first-order valence-corrected chi connectivity index (χ1v) is 21.9. The summed E-state index contributed by atoms with van der Waals surface area (Å²) in [5, 5.41) is 5.30. The fourth-order valence-corrected chi connectivity index (χ4v) is 6.57. The van der Waals surface area contributed by atoms with Gasteiger partial charge in [-0.1, -0.05) is 214 Å². The van der Waals surface area contributed by atoms with Crippen LogP contribution in [0, 0.1) is 0 Å². The minimum absolute atomic E-state index is 1.04. The van der Waals surface area contributed by atoms with Crippen LogP contribution < -0.4 is 0 Å². The topological polar surface area (TPSA) is 9.86 Å². The molecule has 0 saturated carbocycles. The number of rotatable bonds is 1. The summed E-state index contributed by atoms with van der Waals surface area (Å²) in [6.45, 7) is 32.0. The average Bonchev–Trinajstić information content (AvgIpc) is 3.96. The van der Waals surface area contributed by atoms with E-state index in [0.29, 0.717) is 0 Å². The Labute approximate surface area is 343 Å². The molecule has 0 aliphatic heterocycles. The third kappa shape index (κ3) is 11.5. The lowest BCUT2D eigenvalue weighted by Crippen LogP contribution is -1.94. The molecule has 6 aromatic carbocycles. The second-order valence-electron chi connectivity index (χ2n) is 10.6. The number of nitrogens with zero attached hydrogens (tertiary/aromatic N) is 2. The lowest BCUT2D eigenvalue weighted by atomic mass is 10.1. The molecule has 0 unspecified atom stereocenters. The lowest BCUT2D eigenvalue weighted by molar-refractivity contribution is 1.01. The SMILES string of the molecule is CC.CC.CC.CC.CC.CC.CC.CC.Cn1c2ccccc2c2ccccc21.c1ccc2c(c1)Cc1ccc(-n3c4ccccc4c4ccccc43)cc1-2. The molecule has 1 aliphatic rings. The summed E-state index contributed by atoms with van der Waals surface area (Å²) in [5.74, 6) is 0. The van der Waals surface area contributed by atoms with Gasteiger partial charge in [-0.05, 0) is 65.1 Å². The van der Waals surface area contributed by atoms with E-state index in [1.165, 1.54) is 71.6 Å². The summed E-state index contributed by atoms with van der Waals surface area (Å²) in [6, 6.07) is 50.1. The van der Waals surface area contributed by atoms with Crippen molar-refractivity contribution in [2.45, 2.75) is 117 Å². The zero-order chi connectivity index (χ0) is 42.6. The monoisotopic (exact) mass is 753 g/mol. The first kappa shape index (κ1) is 50.9. The maximum absolute atomic E-state index is 2.39. The van der Waals surface area contributed by atoms with Crippen molar-refractivity contribution in [1.82, 2.24) is 9.13 Å². The summed E-state index contributed by atoms with van der Waals surface area (Å²) < 4.78 is 4.64. The van der Waals surface area contributed by atoms with Crippen molar-refractivity contribution in [2.75, 3.05) is 0 Å². The van der Waals surface area contributed by atoms with Gasteiger partial charge in [0.1, 0.15) is 0 Å². The standard InChI is InChI=1S/C25H17N.C13H11N.8C2H6/c1-2-8-20-17(7-1)15-18-13-14-19(16-23(18)20)26-24-11-5-3-9-21(24)22-10-4-6-12-25(22)26;1-14-12-8-4-2-6-10(12)11-7-3-5-9-13(11)14;8*1-2/h1-14,16H,15H2;2-9H,1H3;8*1-2H3. The van der Waals surface area contributed by atoms with Crippen molar-refractivity contribution in [2.24, 2.45) is 7.05 Å². The second kappa shape index (κ2) is 29.2. The summed E-state index contributed by atoms with van der Waals surface area (Å²) in [5.41, 5.74) is 12.0. The largest absolute Gasteiger partial charge is 0.344 e. The average molecular weight is 753 g/mol. The van der Waals surface area contributed by atoms with Crippen LogP contribution >= 0.6 is 0 Å². The Balaban J connectivity index is 0.000000859. The minimum Gasteiger partial charge on any atom is -0.344 e. The number of hydrogen-bond donors (Lipinski definition) is 0. The van der Waals surface area contributed by atoms with E-state index in [4.69, 9.17) is 0 Å². The predicted octanol–water partition coefficient (Wildman–Crippen LogP) is 17.9. The molecule has 0 atom stereocenters. The van der Waals surface area contributed by atoms with Crippen LogP contribution in [0.2, 0.25) is 0 Å². The van der Waals surface area contributed by atoms with Gasteiger partial charge in [0.2, 0.25) is 0 Å². The first-order valence-electron chi connectivity index (χ1n) is 21.9. The van der Waals surface area contributed by atoms with Crippen molar-refractivity contribution in [3.05, 3.63) is 151 Å². The Kier molecular flexibility index (Phi) is 26.6. The third-order valence-corrected chi connectivity index (χ3v) is 8.44. The Morgan fingerprint density at radius 1 is 0.321 bits per heavy atom. The summed E-state index contributed by atoms with van der Waals surface area (Å²) in [7, 11) is 2.12. The van der Waals surface area contributed by atoms with Crippen molar-refractivity contribution < 1.29 is 0 Å². The van der Waals surface area contributed by atoms with Crippen LogP contribution in [0.15, 0.2) is 140 Å². The van der Waals surface area contributed by atoms with Crippen molar-refractivity contribution in [3.8, 4) is 16.8 Å². The van der Waals surface area contributed by atoms with E-state index in [2.05, 4.69) is 156 Å². The molecule has 0 saturated heterocycles. The predicted molar refractivity (Wildman–Crippen MR) is 260 cm³/mol. The van der Waals surface area contributed by atoms with Gasteiger partial charge in [0.25, 0.3) is 0 Å². The van der Waals surface area contributed by atoms with Gasteiger partial charge >= 0.3 is 0 Å². The highest BCUT2D eigenvalue weighted by Gasteiger charge is 2.19. The van der Waals surface area contributed by atoms with E-state index >= 15 is 0 Å². The van der Waals surface area contributed by atoms with Crippen molar-refractivity contribution in [3.63, 3.8) is 0 Å². The molecule has 9 rings (SSSR count). The van der Waals surface area contributed by atoms with E-state index in [1.807, 2.05) is 111 Å². The second-order valence-corrected chi connectivity index (χ2v) is 10.6.